The third kappa shape index (κ3) is 2.42. The normalized spacial score (nSPS) is 43.3. The van der Waals surface area contributed by atoms with Crippen LogP contribution in [0.5, 0.6) is 0 Å². The predicted octanol–water partition coefficient (Wildman–Crippen LogP) is 0.621. The van der Waals surface area contributed by atoms with Crippen LogP contribution in [-0.4, -0.2) is 47.5 Å². The van der Waals surface area contributed by atoms with Gasteiger partial charge in [0.25, 0.3) is 0 Å². The summed E-state index contributed by atoms with van der Waals surface area (Å²) in [5, 5.41) is 14.2. The Kier molecular flexibility index (Phi) is 3.37. The van der Waals surface area contributed by atoms with Gasteiger partial charge in [0.05, 0.1) is 6.61 Å². The maximum absolute atomic E-state index is 10.0. The molecule has 0 aromatic carbocycles. The van der Waals surface area contributed by atoms with Gasteiger partial charge in [-0.1, -0.05) is 6.92 Å². The molecule has 0 saturated carbocycles. The second-order valence-corrected chi connectivity index (χ2v) is 5.86. The SMILES string of the molecule is CC1SCCC1NCC1(O)CCOC1. The molecule has 2 aliphatic rings. The summed E-state index contributed by atoms with van der Waals surface area (Å²) >= 11 is 2.01. The fraction of sp³-hybridized carbons (Fsp3) is 1.00. The van der Waals surface area contributed by atoms with E-state index >= 15 is 0 Å². The zero-order chi connectivity index (χ0) is 10.0. The van der Waals surface area contributed by atoms with Gasteiger partial charge in [-0.15, -0.1) is 0 Å². The lowest BCUT2D eigenvalue weighted by atomic mass is 10.0. The van der Waals surface area contributed by atoms with Crippen LogP contribution >= 0.6 is 11.8 Å². The number of thioether (sulfide) groups is 1. The van der Waals surface area contributed by atoms with Crippen molar-refractivity contribution in [1.29, 1.82) is 0 Å². The van der Waals surface area contributed by atoms with Crippen molar-refractivity contribution < 1.29 is 9.84 Å². The van der Waals surface area contributed by atoms with Gasteiger partial charge in [-0.2, -0.15) is 11.8 Å². The summed E-state index contributed by atoms with van der Waals surface area (Å²) in [5.74, 6) is 1.24. The minimum atomic E-state index is -0.604. The lowest BCUT2D eigenvalue weighted by Crippen LogP contribution is -2.46. The maximum Gasteiger partial charge on any atom is 0.102 e. The average Bonchev–Trinajstić information content (AvgIpc) is 2.73. The number of ether oxygens (including phenoxy) is 1. The van der Waals surface area contributed by atoms with Gasteiger partial charge < -0.3 is 15.2 Å². The van der Waals surface area contributed by atoms with Crippen LogP contribution in [0.15, 0.2) is 0 Å². The second-order valence-electron chi connectivity index (χ2n) is 4.38. The van der Waals surface area contributed by atoms with Crippen LogP contribution in [-0.2, 0) is 4.74 Å². The molecule has 14 heavy (non-hydrogen) atoms. The fourth-order valence-corrected chi connectivity index (χ4v) is 3.28. The van der Waals surface area contributed by atoms with E-state index in [2.05, 4.69) is 12.2 Å². The molecule has 4 heteroatoms. The van der Waals surface area contributed by atoms with Gasteiger partial charge in [0.1, 0.15) is 5.60 Å². The zero-order valence-corrected chi connectivity index (χ0v) is 9.48. The molecule has 3 atom stereocenters. The highest BCUT2D eigenvalue weighted by Gasteiger charge is 2.34. The van der Waals surface area contributed by atoms with E-state index in [-0.39, 0.29) is 0 Å². The van der Waals surface area contributed by atoms with Gasteiger partial charge in [-0.25, -0.2) is 0 Å². The van der Waals surface area contributed by atoms with Gasteiger partial charge in [0, 0.05) is 30.9 Å². The van der Waals surface area contributed by atoms with Gasteiger partial charge in [0.2, 0.25) is 0 Å². The molecule has 0 spiro atoms. The number of rotatable bonds is 3. The maximum atomic E-state index is 10.0. The van der Waals surface area contributed by atoms with Crippen molar-refractivity contribution in [2.24, 2.45) is 0 Å². The van der Waals surface area contributed by atoms with Crippen molar-refractivity contribution >= 4 is 11.8 Å². The van der Waals surface area contributed by atoms with E-state index in [9.17, 15) is 5.11 Å². The first-order valence-electron chi connectivity index (χ1n) is 5.35. The number of hydrogen-bond donors (Lipinski definition) is 2. The summed E-state index contributed by atoms with van der Waals surface area (Å²) in [6.45, 7) is 4.13. The molecule has 2 saturated heterocycles. The van der Waals surface area contributed by atoms with Crippen LogP contribution in [0.4, 0.5) is 0 Å². The summed E-state index contributed by atoms with van der Waals surface area (Å²) < 4.78 is 5.21. The monoisotopic (exact) mass is 217 g/mol. The van der Waals surface area contributed by atoms with Crippen molar-refractivity contribution in [2.75, 3.05) is 25.5 Å². The Morgan fingerprint density at radius 2 is 2.50 bits per heavy atom. The highest BCUT2D eigenvalue weighted by molar-refractivity contribution is 8.00. The molecule has 82 valence electrons. The first-order chi connectivity index (χ1) is 6.70. The number of nitrogens with one attached hydrogen (secondary N) is 1. The lowest BCUT2D eigenvalue weighted by Gasteiger charge is -2.25. The van der Waals surface area contributed by atoms with Gasteiger partial charge in [0.15, 0.2) is 0 Å². The first-order valence-corrected chi connectivity index (χ1v) is 6.40. The Balaban J connectivity index is 1.75. The van der Waals surface area contributed by atoms with Crippen LogP contribution in [0, 0.1) is 0 Å². The smallest absolute Gasteiger partial charge is 0.102 e. The van der Waals surface area contributed by atoms with E-state index in [1.807, 2.05) is 11.8 Å². The highest BCUT2D eigenvalue weighted by Crippen LogP contribution is 2.27. The van der Waals surface area contributed by atoms with Crippen molar-refractivity contribution in [3.8, 4) is 0 Å². The molecule has 2 aliphatic heterocycles. The van der Waals surface area contributed by atoms with Crippen molar-refractivity contribution in [3.63, 3.8) is 0 Å². The minimum Gasteiger partial charge on any atom is -0.386 e. The molecule has 0 radical (unpaired) electrons. The molecule has 0 aliphatic carbocycles. The molecular formula is C10H19NO2S. The topological polar surface area (TPSA) is 41.5 Å². The number of aliphatic hydroxyl groups is 1. The molecular weight excluding hydrogens is 198 g/mol. The molecule has 0 aromatic rings. The van der Waals surface area contributed by atoms with Crippen LogP contribution in [0.2, 0.25) is 0 Å². The van der Waals surface area contributed by atoms with E-state index in [0.29, 0.717) is 31.1 Å². The van der Waals surface area contributed by atoms with Crippen LogP contribution in [0.25, 0.3) is 0 Å². The van der Waals surface area contributed by atoms with Crippen molar-refractivity contribution in [1.82, 2.24) is 5.32 Å². The predicted molar refractivity (Wildman–Crippen MR) is 58.7 cm³/mol. The van der Waals surface area contributed by atoms with Crippen LogP contribution in [0.1, 0.15) is 19.8 Å². The summed E-state index contributed by atoms with van der Waals surface area (Å²) in [6.07, 6.45) is 2.00. The Morgan fingerprint density at radius 3 is 3.07 bits per heavy atom. The molecule has 2 fully saturated rings. The molecule has 0 aromatic heterocycles. The Bertz CT molecular complexity index is 195. The minimum absolute atomic E-state index is 0.494. The largest absolute Gasteiger partial charge is 0.386 e. The highest BCUT2D eigenvalue weighted by atomic mass is 32.2. The Hall–Kier alpha value is 0.230. The van der Waals surface area contributed by atoms with Crippen molar-refractivity contribution in [3.05, 3.63) is 0 Å². The molecule has 0 amide bonds. The van der Waals surface area contributed by atoms with Crippen LogP contribution < -0.4 is 5.32 Å². The molecule has 2 heterocycles. The van der Waals surface area contributed by atoms with E-state index in [4.69, 9.17) is 4.74 Å². The quantitative estimate of drug-likeness (QED) is 0.727. The summed E-state index contributed by atoms with van der Waals surface area (Å²) in [4.78, 5) is 0. The average molecular weight is 217 g/mol. The summed E-state index contributed by atoms with van der Waals surface area (Å²) in [7, 11) is 0. The Labute approximate surface area is 89.6 Å². The summed E-state index contributed by atoms with van der Waals surface area (Å²) in [6, 6.07) is 0.574. The molecule has 2 rings (SSSR count). The van der Waals surface area contributed by atoms with Gasteiger partial charge >= 0.3 is 0 Å². The Morgan fingerprint density at radius 1 is 1.64 bits per heavy atom. The van der Waals surface area contributed by atoms with E-state index in [0.717, 1.165) is 6.42 Å². The molecule has 3 nitrogen and oxygen atoms in total. The van der Waals surface area contributed by atoms with Gasteiger partial charge in [-0.05, 0) is 12.2 Å². The summed E-state index contributed by atoms with van der Waals surface area (Å²) in [5.41, 5.74) is -0.604. The standard InChI is InChI=1S/C10H19NO2S/c1-8-9(2-5-14-8)11-6-10(12)3-4-13-7-10/h8-9,11-12H,2-7H2,1H3. The zero-order valence-electron chi connectivity index (χ0n) is 8.66. The molecule has 3 unspecified atom stereocenters. The van der Waals surface area contributed by atoms with Gasteiger partial charge in [-0.3, -0.25) is 0 Å². The third-order valence-corrected chi connectivity index (χ3v) is 4.48. The molecule has 2 N–H and O–H groups in total. The first kappa shape index (κ1) is 10.7. The second kappa shape index (κ2) is 4.39. The number of hydrogen-bond acceptors (Lipinski definition) is 4. The fourth-order valence-electron chi connectivity index (χ4n) is 2.06. The van der Waals surface area contributed by atoms with E-state index < -0.39 is 5.60 Å². The molecule has 0 bridgehead atoms. The van der Waals surface area contributed by atoms with Crippen LogP contribution in [0.3, 0.4) is 0 Å². The lowest BCUT2D eigenvalue weighted by molar-refractivity contribution is 0.0249. The van der Waals surface area contributed by atoms with Crippen molar-refractivity contribution in [2.45, 2.75) is 36.7 Å². The third-order valence-electron chi connectivity index (χ3n) is 3.15. The van der Waals surface area contributed by atoms with E-state index in [1.54, 1.807) is 0 Å². The van der Waals surface area contributed by atoms with E-state index in [1.165, 1.54) is 12.2 Å².